The predicted molar refractivity (Wildman–Crippen MR) is 132 cm³/mol. The lowest BCUT2D eigenvalue weighted by Gasteiger charge is -2.11. The number of carbonyl (C=O) groups excluding carboxylic acids is 1. The fourth-order valence-electron chi connectivity index (χ4n) is 3.12. The van der Waals surface area contributed by atoms with Crippen molar-refractivity contribution in [3.63, 3.8) is 0 Å². The third-order valence-electron chi connectivity index (χ3n) is 4.70. The summed E-state index contributed by atoms with van der Waals surface area (Å²) in [5.74, 6) is 0.305. The van der Waals surface area contributed by atoms with E-state index in [1.807, 2.05) is 30.3 Å². The van der Waals surface area contributed by atoms with E-state index in [0.29, 0.717) is 32.2 Å². The molecule has 0 saturated heterocycles. The van der Waals surface area contributed by atoms with E-state index in [0.717, 1.165) is 21.7 Å². The molecule has 162 valence electrons. The van der Waals surface area contributed by atoms with E-state index in [2.05, 4.69) is 15.4 Å². The van der Waals surface area contributed by atoms with Crippen LogP contribution in [0.4, 0.5) is 5.69 Å². The van der Waals surface area contributed by atoms with Crippen molar-refractivity contribution in [2.45, 2.75) is 10.6 Å². The number of thioether (sulfide) groups is 1. The highest BCUT2D eigenvalue weighted by molar-refractivity contribution is 7.98. The molecule has 4 aromatic rings. The molecule has 5 nitrogen and oxygen atoms in total. The molecule has 0 fully saturated rings. The van der Waals surface area contributed by atoms with Crippen LogP contribution in [0.3, 0.4) is 0 Å². The minimum atomic E-state index is -0.238. The Balaban J connectivity index is 1.57. The first-order valence-corrected chi connectivity index (χ1v) is 11.7. The summed E-state index contributed by atoms with van der Waals surface area (Å²) < 4.78 is 1.65. The molecule has 1 N–H and O–H groups in total. The molecule has 0 aliphatic rings. The van der Waals surface area contributed by atoms with Crippen molar-refractivity contribution < 1.29 is 4.79 Å². The van der Waals surface area contributed by atoms with Crippen molar-refractivity contribution in [1.29, 1.82) is 0 Å². The van der Waals surface area contributed by atoms with E-state index in [1.165, 1.54) is 11.8 Å². The molecular formula is C23H17Cl3N4OS. The second-order valence-electron chi connectivity index (χ2n) is 6.85. The number of pyridine rings is 1. The molecule has 0 aliphatic carbocycles. The zero-order valence-electron chi connectivity index (χ0n) is 16.8. The van der Waals surface area contributed by atoms with Gasteiger partial charge in [-0.2, -0.15) is 5.10 Å². The number of nitrogens with one attached hydrogen (secondary N) is 1. The number of nitrogens with zero attached hydrogens (tertiary/aromatic N) is 3. The van der Waals surface area contributed by atoms with Gasteiger partial charge < -0.3 is 5.32 Å². The molecule has 1 amide bonds. The smallest absolute Gasteiger partial charge is 0.256 e. The Morgan fingerprint density at radius 2 is 1.78 bits per heavy atom. The van der Waals surface area contributed by atoms with Crippen molar-refractivity contribution in [3.05, 3.63) is 93.3 Å². The summed E-state index contributed by atoms with van der Waals surface area (Å²) in [4.78, 5) is 17.8. The van der Waals surface area contributed by atoms with Crippen LogP contribution < -0.4 is 5.32 Å². The standard InChI is InChI=1S/C23H17Cl3N4OS/c1-30-22(26)17(21(29-30)14-8-10-27-11-9-14)13-32-20-5-3-2-4-16(20)23(31)28-15-6-7-18(24)19(25)12-15/h2-12H,13H2,1H3,(H,28,31). The molecule has 0 atom stereocenters. The van der Waals surface area contributed by atoms with Gasteiger partial charge in [-0.05, 0) is 42.5 Å². The fourth-order valence-corrected chi connectivity index (χ4v) is 4.76. The monoisotopic (exact) mass is 502 g/mol. The number of carbonyl (C=O) groups is 1. The Bertz CT molecular complexity index is 1280. The Morgan fingerprint density at radius 3 is 2.53 bits per heavy atom. The van der Waals surface area contributed by atoms with Gasteiger partial charge in [0.05, 0.1) is 21.3 Å². The van der Waals surface area contributed by atoms with E-state index in [9.17, 15) is 4.79 Å². The molecule has 0 radical (unpaired) electrons. The second-order valence-corrected chi connectivity index (χ2v) is 9.03. The largest absolute Gasteiger partial charge is 0.322 e. The first kappa shape index (κ1) is 22.7. The summed E-state index contributed by atoms with van der Waals surface area (Å²) in [5.41, 5.74) is 3.74. The van der Waals surface area contributed by atoms with Crippen LogP contribution in [-0.2, 0) is 12.8 Å². The van der Waals surface area contributed by atoms with Gasteiger partial charge in [-0.3, -0.25) is 14.5 Å². The SMILES string of the molecule is Cn1nc(-c2ccncc2)c(CSc2ccccc2C(=O)Nc2ccc(Cl)c(Cl)c2)c1Cl. The first-order valence-electron chi connectivity index (χ1n) is 9.54. The highest BCUT2D eigenvalue weighted by Gasteiger charge is 2.18. The average molecular weight is 504 g/mol. The number of rotatable bonds is 6. The van der Waals surface area contributed by atoms with E-state index in [1.54, 1.807) is 48.4 Å². The van der Waals surface area contributed by atoms with Crippen molar-refractivity contribution >= 4 is 58.2 Å². The lowest BCUT2D eigenvalue weighted by Crippen LogP contribution is -2.13. The van der Waals surface area contributed by atoms with E-state index in [4.69, 9.17) is 34.8 Å². The van der Waals surface area contributed by atoms with Crippen molar-refractivity contribution in [1.82, 2.24) is 14.8 Å². The van der Waals surface area contributed by atoms with Crippen LogP contribution in [0.15, 0.2) is 71.9 Å². The van der Waals surface area contributed by atoms with Crippen LogP contribution in [0.1, 0.15) is 15.9 Å². The van der Waals surface area contributed by atoms with Gasteiger partial charge in [0, 0.05) is 46.9 Å². The Labute approximate surface area is 204 Å². The maximum Gasteiger partial charge on any atom is 0.256 e. The second kappa shape index (κ2) is 9.96. The van der Waals surface area contributed by atoms with Crippen molar-refractivity contribution in [2.75, 3.05) is 5.32 Å². The Morgan fingerprint density at radius 1 is 1.03 bits per heavy atom. The molecule has 0 unspecified atom stereocenters. The maximum atomic E-state index is 13.0. The number of amides is 1. The van der Waals surface area contributed by atoms with Crippen LogP contribution in [0.25, 0.3) is 11.3 Å². The lowest BCUT2D eigenvalue weighted by atomic mass is 10.1. The quantitative estimate of drug-likeness (QED) is 0.288. The van der Waals surface area contributed by atoms with Crippen LogP contribution >= 0.6 is 46.6 Å². The first-order chi connectivity index (χ1) is 15.4. The Hall–Kier alpha value is -2.51. The lowest BCUT2D eigenvalue weighted by molar-refractivity contribution is 0.102. The van der Waals surface area contributed by atoms with Crippen LogP contribution in [-0.4, -0.2) is 20.7 Å². The number of aromatic nitrogens is 3. The van der Waals surface area contributed by atoms with Crippen molar-refractivity contribution in [3.8, 4) is 11.3 Å². The average Bonchev–Trinajstić information content (AvgIpc) is 3.09. The van der Waals surface area contributed by atoms with Gasteiger partial charge in [-0.15, -0.1) is 11.8 Å². The van der Waals surface area contributed by atoms with Crippen LogP contribution in [0.5, 0.6) is 0 Å². The van der Waals surface area contributed by atoms with Gasteiger partial charge in [-0.25, -0.2) is 0 Å². The van der Waals surface area contributed by atoms with Gasteiger partial charge in [0.15, 0.2) is 0 Å². The number of benzene rings is 2. The molecule has 0 aliphatic heterocycles. The molecule has 0 saturated carbocycles. The van der Waals surface area contributed by atoms with Gasteiger partial charge in [0.2, 0.25) is 0 Å². The molecule has 0 bridgehead atoms. The van der Waals surface area contributed by atoms with Gasteiger partial charge >= 0.3 is 0 Å². The topological polar surface area (TPSA) is 59.8 Å². The predicted octanol–water partition coefficient (Wildman–Crippen LogP) is 6.99. The number of halogens is 3. The summed E-state index contributed by atoms with van der Waals surface area (Å²) in [7, 11) is 1.81. The number of hydrogen-bond donors (Lipinski definition) is 1. The third kappa shape index (κ3) is 4.94. The number of anilines is 1. The summed E-state index contributed by atoms with van der Waals surface area (Å²) in [5, 5.41) is 8.80. The van der Waals surface area contributed by atoms with Gasteiger partial charge in [0.25, 0.3) is 5.91 Å². The van der Waals surface area contributed by atoms with Crippen molar-refractivity contribution in [2.24, 2.45) is 7.05 Å². The summed E-state index contributed by atoms with van der Waals surface area (Å²) >= 11 is 20.1. The minimum Gasteiger partial charge on any atom is -0.322 e. The molecule has 2 aromatic heterocycles. The molecule has 32 heavy (non-hydrogen) atoms. The minimum absolute atomic E-state index is 0.238. The summed E-state index contributed by atoms with van der Waals surface area (Å²) in [6, 6.07) is 16.2. The molecule has 4 rings (SSSR count). The van der Waals surface area contributed by atoms with E-state index >= 15 is 0 Å². The summed E-state index contributed by atoms with van der Waals surface area (Å²) in [6.07, 6.45) is 3.44. The maximum absolute atomic E-state index is 13.0. The third-order valence-corrected chi connectivity index (χ3v) is 7.02. The van der Waals surface area contributed by atoms with E-state index < -0.39 is 0 Å². The highest BCUT2D eigenvalue weighted by atomic mass is 35.5. The van der Waals surface area contributed by atoms with Crippen LogP contribution in [0, 0.1) is 0 Å². The summed E-state index contributed by atoms with van der Waals surface area (Å²) in [6.45, 7) is 0. The zero-order valence-corrected chi connectivity index (χ0v) is 19.9. The molecule has 2 heterocycles. The van der Waals surface area contributed by atoms with Gasteiger partial charge in [0.1, 0.15) is 5.15 Å². The molecule has 0 spiro atoms. The molecule has 2 aromatic carbocycles. The number of aryl methyl sites for hydroxylation is 1. The molecular weight excluding hydrogens is 487 g/mol. The fraction of sp³-hybridized carbons (Fsp3) is 0.0870. The normalized spacial score (nSPS) is 10.9. The zero-order chi connectivity index (χ0) is 22.7. The Kier molecular flexibility index (Phi) is 7.06. The number of hydrogen-bond acceptors (Lipinski definition) is 4. The van der Waals surface area contributed by atoms with Crippen LogP contribution in [0.2, 0.25) is 15.2 Å². The highest BCUT2D eigenvalue weighted by Crippen LogP contribution is 2.35. The van der Waals surface area contributed by atoms with E-state index in [-0.39, 0.29) is 5.91 Å². The van der Waals surface area contributed by atoms with Gasteiger partial charge in [-0.1, -0.05) is 46.9 Å². The molecule has 9 heteroatoms.